The summed E-state index contributed by atoms with van der Waals surface area (Å²) < 4.78 is 5.08. The number of carbonyl (C=O) groups is 4. The van der Waals surface area contributed by atoms with E-state index >= 15 is 0 Å². The molecule has 174 valence electrons. The van der Waals surface area contributed by atoms with Gasteiger partial charge in [-0.05, 0) is 43.9 Å². The highest BCUT2D eigenvalue weighted by Crippen LogP contribution is 2.28. The zero-order valence-corrected chi connectivity index (χ0v) is 19.6. The monoisotopic (exact) mass is 448 g/mol. The van der Waals surface area contributed by atoms with Crippen molar-refractivity contribution in [1.29, 1.82) is 0 Å². The number of Topliss-reactive ketones (excluding diaryl/α,β-unsaturated/α-hetero) is 2. The Balaban J connectivity index is 2.35. The van der Waals surface area contributed by atoms with E-state index in [0.717, 1.165) is 12.0 Å². The van der Waals surface area contributed by atoms with Crippen LogP contribution in [0.4, 0.5) is 0 Å². The van der Waals surface area contributed by atoms with Gasteiger partial charge >= 0.3 is 5.97 Å². The molecule has 5 nitrogen and oxygen atoms in total. The highest BCUT2D eigenvalue weighted by Gasteiger charge is 2.36. The summed E-state index contributed by atoms with van der Waals surface area (Å²) in [6.07, 6.45) is 2.88. The first-order chi connectivity index (χ1) is 15.8. The first-order valence-electron chi connectivity index (χ1n) is 11.3. The molecule has 0 unspecified atom stereocenters. The van der Waals surface area contributed by atoms with Crippen LogP contribution in [0.15, 0.2) is 72.3 Å². The van der Waals surface area contributed by atoms with Gasteiger partial charge < -0.3 is 4.74 Å². The second kappa shape index (κ2) is 13.3. The Labute approximate surface area is 195 Å². The molecule has 2 rings (SSSR count). The molecule has 0 fully saturated rings. The summed E-state index contributed by atoms with van der Waals surface area (Å²) in [6, 6.07) is 18.4. The summed E-state index contributed by atoms with van der Waals surface area (Å²) in [4.78, 5) is 51.7. The number of unbranched alkanes of at least 4 members (excludes halogenated alkanes) is 1. The quantitative estimate of drug-likeness (QED) is 0.141. The molecular weight excluding hydrogens is 416 g/mol. The molecule has 33 heavy (non-hydrogen) atoms. The van der Waals surface area contributed by atoms with Crippen molar-refractivity contribution in [2.75, 3.05) is 6.61 Å². The lowest BCUT2D eigenvalue weighted by molar-refractivity contribution is -0.157. The van der Waals surface area contributed by atoms with E-state index in [1.165, 1.54) is 6.08 Å². The summed E-state index contributed by atoms with van der Waals surface area (Å²) in [7, 11) is 0. The van der Waals surface area contributed by atoms with E-state index in [4.69, 9.17) is 4.74 Å². The van der Waals surface area contributed by atoms with Gasteiger partial charge in [-0.15, -0.1) is 0 Å². The number of carbonyl (C=O) groups excluding carboxylic acids is 4. The summed E-state index contributed by atoms with van der Waals surface area (Å²) in [5, 5.41) is 0. The lowest BCUT2D eigenvalue weighted by Gasteiger charge is -2.21. The fourth-order valence-electron chi connectivity index (χ4n) is 3.55. The Bertz CT molecular complexity index is 972. The lowest BCUT2D eigenvalue weighted by Crippen LogP contribution is -2.34. The van der Waals surface area contributed by atoms with Crippen molar-refractivity contribution >= 4 is 23.3 Å². The van der Waals surface area contributed by atoms with Gasteiger partial charge in [-0.2, -0.15) is 0 Å². The first-order valence-corrected chi connectivity index (χ1v) is 11.3. The van der Waals surface area contributed by atoms with E-state index in [-0.39, 0.29) is 25.2 Å². The largest absolute Gasteiger partial charge is 0.460 e. The van der Waals surface area contributed by atoms with Crippen molar-refractivity contribution in [3.05, 3.63) is 83.4 Å². The van der Waals surface area contributed by atoms with Crippen molar-refractivity contribution in [2.45, 2.75) is 52.4 Å². The normalized spacial score (nSPS) is 12.3. The molecule has 0 spiro atoms. The van der Waals surface area contributed by atoms with Gasteiger partial charge in [0.1, 0.15) is 5.78 Å². The van der Waals surface area contributed by atoms with Crippen LogP contribution in [0, 0.1) is 5.92 Å². The van der Waals surface area contributed by atoms with E-state index < -0.39 is 29.4 Å². The minimum Gasteiger partial charge on any atom is -0.460 e. The van der Waals surface area contributed by atoms with Crippen LogP contribution in [-0.2, 0) is 30.3 Å². The van der Waals surface area contributed by atoms with Gasteiger partial charge in [-0.1, -0.05) is 79.6 Å². The van der Waals surface area contributed by atoms with Crippen molar-refractivity contribution < 1.29 is 23.9 Å². The molecule has 2 aromatic rings. The third-order valence-electron chi connectivity index (χ3n) is 5.31. The molecule has 0 aliphatic carbocycles. The van der Waals surface area contributed by atoms with Gasteiger partial charge in [0.15, 0.2) is 5.78 Å². The Morgan fingerprint density at radius 2 is 1.52 bits per heavy atom. The predicted molar refractivity (Wildman–Crippen MR) is 128 cm³/mol. The van der Waals surface area contributed by atoms with Crippen molar-refractivity contribution in [3.8, 4) is 0 Å². The topological polar surface area (TPSA) is 77.5 Å². The number of ether oxygens (including phenoxy) is 1. The van der Waals surface area contributed by atoms with Gasteiger partial charge in [-0.3, -0.25) is 14.4 Å². The molecule has 0 N–H and O–H groups in total. The Kier molecular flexibility index (Phi) is 10.4. The number of rotatable bonds is 13. The first kappa shape index (κ1) is 25.9. The minimum absolute atomic E-state index is 0.0833. The Hall–Kier alpha value is -3.34. The van der Waals surface area contributed by atoms with Crippen LogP contribution < -0.4 is 0 Å². The Morgan fingerprint density at radius 3 is 2.09 bits per heavy atom. The molecule has 0 amide bonds. The maximum atomic E-state index is 13.3. The van der Waals surface area contributed by atoms with Crippen molar-refractivity contribution in [1.82, 2.24) is 0 Å². The highest BCUT2D eigenvalue weighted by molar-refractivity contribution is 6.39. The summed E-state index contributed by atoms with van der Waals surface area (Å²) >= 11 is 0. The van der Waals surface area contributed by atoms with Crippen LogP contribution in [0.25, 0.3) is 0 Å². The maximum Gasteiger partial charge on any atom is 0.375 e. The second-order valence-electron chi connectivity index (χ2n) is 8.36. The Morgan fingerprint density at radius 1 is 0.909 bits per heavy atom. The summed E-state index contributed by atoms with van der Waals surface area (Å²) in [6.45, 7) is 5.56. The smallest absolute Gasteiger partial charge is 0.375 e. The summed E-state index contributed by atoms with van der Waals surface area (Å²) in [5.41, 5.74) is 2.27. The molecule has 0 heterocycles. The van der Waals surface area contributed by atoms with Crippen LogP contribution in [0.5, 0.6) is 0 Å². The number of ketones is 3. The van der Waals surface area contributed by atoms with Crippen LogP contribution in [0.2, 0.25) is 0 Å². The minimum atomic E-state index is -1.28. The molecule has 0 aromatic heterocycles. The maximum absolute atomic E-state index is 13.3. The van der Waals surface area contributed by atoms with Crippen molar-refractivity contribution in [3.63, 3.8) is 0 Å². The molecule has 2 atom stereocenters. The van der Waals surface area contributed by atoms with Gasteiger partial charge in [0.05, 0.1) is 12.5 Å². The molecule has 0 radical (unpaired) electrons. The molecule has 0 bridgehead atoms. The molecule has 0 saturated carbocycles. The third kappa shape index (κ3) is 8.26. The fourth-order valence-corrected chi connectivity index (χ4v) is 3.55. The standard InChI is InChI=1S/C28H32O5/c1-4-5-16-33-28(32)27(31)24(25(29)17-20(2)3)19-23(22-14-10-7-11-15-22)26(30)18-21-12-8-6-9-13-21/h6-15,17,23-24H,4-5,16,18-19H2,1-3H3/t23-,24-/m0/s1. The number of hydrogen-bond acceptors (Lipinski definition) is 5. The molecule has 0 aliphatic heterocycles. The van der Waals surface area contributed by atoms with Gasteiger partial charge in [0.25, 0.3) is 5.78 Å². The zero-order chi connectivity index (χ0) is 24.2. The van der Waals surface area contributed by atoms with E-state index in [2.05, 4.69) is 0 Å². The van der Waals surface area contributed by atoms with Crippen LogP contribution in [0.1, 0.15) is 57.1 Å². The number of allylic oxidation sites excluding steroid dienone is 2. The average Bonchev–Trinajstić information content (AvgIpc) is 2.80. The lowest BCUT2D eigenvalue weighted by atomic mass is 9.80. The molecular formula is C28H32O5. The SMILES string of the molecule is CCCCOC(=O)C(=O)[C@@H](C[C@H](C(=O)Cc1ccccc1)c1ccccc1)C(=O)C=C(C)C. The number of hydrogen-bond donors (Lipinski definition) is 0. The molecule has 2 aromatic carbocycles. The van der Waals surface area contributed by atoms with Crippen molar-refractivity contribution in [2.24, 2.45) is 5.92 Å². The van der Waals surface area contributed by atoms with Gasteiger partial charge in [-0.25, -0.2) is 4.79 Å². The number of esters is 1. The predicted octanol–water partition coefficient (Wildman–Crippen LogP) is 5.04. The van der Waals surface area contributed by atoms with E-state index in [0.29, 0.717) is 17.6 Å². The van der Waals surface area contributed by atoms with Crippen LogP contribution in [-0.4, -0.2) is 29.9 Å². The average molecular weight is 449 g/mol. The second-order valence-corrected chi connectivity index (χ2v) is 8.36. The fraction of sp³-hybridized carbons (Fsp3) is 0.357. The van der Waals surface area contributed by atoms with Gasteiger partial charge in [0.2, 0.25) is 0 Å². The molecule has 0 aliphatic rings. The van der Waals surface area contributed by atoms with E-state index in [9.17, 15) is 19.2 Å². The summed E-state index contributed by atoms with van der Waals surface area (Å²) in [5.74, 6) is -4.51. The van der Waals surface area contributed by atoms with E-state index in [1.54, 1.807) is 26.0 Å². The van der Waals surface area contributed by atoms with Crippen LogP contribution in [0.3, 0.4) is 0 Å². The number of benzene rings is 2. The van der Waals surface area contributed by atoms with Gasteiger partial charge in [0, 0.05) is 12.3 Å². The third-order valence-corrected chi connectivity index (χ3v) is 5.31. The molecule has 0 saturated heterocycles. The van der Waals surface area contributed by atoms with Crippen LogP contribution >= 0.6 is 0 Å². The highest BCUT2D eigenvalue weighted by atomic mass is 16.5. The van der Waals surface area contributed by atoms with E-state index in [1.807, 2.05) is 55.5 Å². The molecule has 5 heteroatoms. The zero-order valence-electron chi connectivity index (χ0n) is 19.6.